The van der Waals surface area contributed by atoms with Crippen LogP contribution in [0.2, 0.25) is 0 Å². The van der Waals surface area contributed by atoms with Crippen LogP contribution in [-0.2, 0) is 4.74 Å². The molecule has 0 aliphatic heterocycles. The zero-order chi connectivity index (χ0) is 11.2. The van der Waals surface area contributed by atoms with Gasteiger partial charge in [-0.2, -0.15) is 0 Å². The molecule has 0 amide bonds. The van der Waals surface area contributed by atoms with Crippen LogP contribution in [0.4, 0.5) is 0 Å². The number of hydrogen-bond acceptors (Lipinski definition) is 2. The van der Waals surface area contributed by atoms with E-state index in [-0.39, 0.29) is 5.41 Å². The molecule has 0 aromatic carbocycles. The molecule has 0 spiro atoms. The van der Waals surface area contributed by atoms with Gasteiger partial charge in [-0.3, -0.25) is 0 Å². The van der Waals surface area contributed by atoms with Gasteiger partial charge < -0.3 is 10.1 Å². The smallest absolute Gasteiger partial charge is 0.0772 e. The van der Waals surface area contributed by atoms with E-state index in [0.717, 1.165) is 6.54 Å². The maximum atomic E-state index is 5.62. The molecule has 0 bridgehead atoms. The number of nitrogens with one attached hydrogen (secondary N) is 1. The highest BCUT2D eigenvalue weighted by Gasteiger charge is 2.31. The Labute approximate surface area is 89.4 Å². The second-order valence-corrected chi connectivity index (χ2v) is 4.98. The van der Waals surface area contributed by atoms with Crippen molar-refractivity contribution in [1.82, 2.24) is 5.32 Å². The lowest BCUT2D eigenvalue weighted by molar-refractivity contribution is -0.0128. The van der Waals surface area contributed by atoms with Crippen LogP contribution in [0.25, 0.3) is 0 Å². The van der Waals surface area contributed by atoms with Crippen LogP contribution in [0.3, 0.4) is 0 Å². The highest BCUT2D eigenvalue weighted by molar-refractivity contribution is 4.85. The summed E-state index contributed by atoms with van der Waals surface area (Å²) in [5.74, 6) is 0. The van der Waals surface area contributed by atoms with Gasteiger partial charge in [0.15, 0.2) is 0 Å². The van der Waals surface area contributed by atoms with Gasteiger partial charge in [-0.1, -0.05) is 41.0 Å². The van der Waals surface area contributed by atoms with Crippen LogP contribution in [0.1, 0.15) is 47.5 Å². The Bertz CT molecular complexity index is 134. The fourth-order valence-electron chi connectivity index (χ4n) is 2.06. The summed E-state index contributed by atoms with van der Waals surface area (Å²) < 4.78 is 5.62. The molecule has 0 rings (SSSR count). The average Bonchev–Trinajstić information content (AvgIpc) is 2.03. The molecule has 0 aromatic rings. The van der Waals surface area contributed by atoms with Crippen molar-refractivity contribution >= 4 is 0 Å². The third-order valence-corrected chi connectivity index (χ3v) is 2.54. The van der Waals surface area contributed by atoms with Crippen LogP contribution in [0, 0.1) is 5.41 Å². The van der Waals surface area contributed by atoms with Crippen molar-refractivity contribution in [2.24, 2.45) is 5.41 Å². The molecule has 0 heterocycles. The standard InChI is InChI=1S/C12H27NO/c1-7-9-10(13-8-2)11(14-6)12(3,4)5/h10-11,13H,7-9H2,1-6H3. The summed E-state index contributed by atoms with van der Waals surface area (Å²) in [7, 11) is 1.82. The summed E-state index contributed by atoms with van der Waals surface area (Å²) in [5, 5.41) is 3.52. The summed E-state index contributed by atoms with van der Waals surface area (Å²) in [6, 6.07) is 0.481. The number of hydrogen-bond donors (Lipinski definition) is 1. The van der Waals surface area contributed by atoms with Crippen molar-refractivity contribution in [3.8, 4) is 0 Å². The minimum Gasteiger partial charge on any atom is -0.379 e. The molecule has 0 radical (unpaired) electrons. The van der Waals surface area contributed by atoms with Crippen LogP contribution in [0.15, 0.2) is 0 Å². The summed E-state index contributed by atoms with van der Waals surface area (Å²) >= 11 is 0. The minimum absolute atomic E-state index is 0.205. The summed E-state index contributed by atoms with van der Waals surface area (Å²) in [4.78, 5) is 0. The highest BCUT2D eigenvalue weighted by atomic mass is 16.5. The van der Waals surface area contributed by atoms with Gasteiger partial charge in [-0.05, 0) is 18.4 Å². The predicted octanol–water partition coefficient (Wildman–Crippen LogP) is 2.83. The van der Waals surface area contributed by atoms with Crippen LogP contribution in [0.5, 0.6) is 0 Å². The van der Waals surface area contributed by atoms with Gasteiger partial charge in [-0.25, -0.2) is 0 Å². The van der Waals surface area contributed by atoms with Crippen molar-refractivity contribution in [3.05, 3.63) is 0 Å². The van der Waals surface area contributed by atoms with E-state index in [1.54, 1.807) is 0 Å². The van der Waals surface area contributed by atoms with Gasteiger partial charge in [0.2, 0.25) is 0 Å². The van der Waals surface area contributed by atoms with E-state index < -0.39 is 0 Å². The molecular formula is C12H27NO. The normalized spacial score (nSPS) is 16.7. The topological polar surface area (TPSA) is 21.3 Å². The summed E-state index contributed by atoms with van der Waals surface area (Å²) in [6.45, 7) is 12.1. The molecule has 0 aliphatic rings. The molecule has 0 fully saturated rings. The maximum Gasteiger partial charge on any atom is 0.0772 e. The van der Waals surface area contributed by atoms with E-state index in [4.69, 9.17) is 4.74 Å². The molecule has 0 aliphatic carbocycles. The van der Waals surface area contributed by atoms with Gasteiger partial charge in [0.25, 0.3) is 0 Å². The van der Waals surface area contributed by atoms with Gasteiger partial charge in [-0.15, -0.1) is 0 Å². The first kappa shape index (κ1) is 13.9. The quantitative estimate of drug-likeness (QED) is 0.713. The van der Waals surface area contributed by atoms with Crippen molar-refractivity contribution in [2.75, 3.05) is 13.7 Å². The van der Waals surface area contributed by atoms with Gasteiger partial charge in [0.05, 0.1) is 6.10 Å². The first-order valence-electron chi connectivity index (χ1n) is 5.73. The van der Waals surface area contributed by atoms with Crippen molar-refractivity contribution in [2.45, 2.75) is 59.6 Å². The lowest BCUT2D eigenvalue weighted by Crippen LogP contribution is -2.47. The first-order chi connectivity index (χ1) is 6.47. The van der Waals surface area contributed by atoms with E-state index in [1.165, 1.54) is 12.8 Å². The van der Waals surface area contributed by atoms with Gasteiger partial charge in [0, 0.05) is 13.2 Å². The molecule has 0 aromatic heterocycles. The van der Waals surface area contributed by atoms with Crippen LogP contribution in [-0.4, -0.2) is 25.8 Å². The number of rotatable bonds is 6. The van der Waals surface area contributed by atoms with E-state index in [0.29, 0.717) is 12.1 Å². The Hall–Kier alpha value is -0.0800. The number of likely N-dealkylation sites (N-methyl/N-ethyl adjacent to an activating group) is 1. The molecule has 0 saturated carbocycles. The average molecular weight is 201 g/mol. The highest BCUT2D eigenvalue weighted by Crippen LogP contribution is 2.26. The zero-order valence-corrected chi connectivity index (χ0v) is 10.7. The third kappa shape index (κ3) is 4.43. The van der Waals surface area contributed by atoms with Crippen molar-refractivity contribution < 1.29 is 4.74 Å². The third-order valence-electron chi connectivity index (χ3n) is 2.54. The summed E-state index contributed by atoms with van der Waals surface area (Å²) in [5.41, 5.74) is 0.205. The molecule has 1 N–H and O–H groups in total. The van der Waals surface area contributed by atoms with Crippen molar-refractivity contribution in [3.63, 3.8) is 0 Å². The van der Waals surface area contributed by atoms with E-state index in [9.17, 15) is 0 Å². The monoisotopic (exact) mass is 201 g/mol. The molecule has 86 valence electrons. The van der Waals surface area contributed by atoms with Gasteiger partial charge in [0.1, 0.15) is 0 Å². The Balaban J connectivity index is 4.41. The first-order valence-corrected chi connectivity index (χ1v) is 5.73. The number of ether oxygens (including phenoxy) is 1. The second-order valence-electron chi connectivity index (χ2n) is 4.98. The summed E-state index contributed by atoms with van der Waals surface area (Å²) in [6.07, 6.45) is 2.68. The Morgan fingerprint density at radius 1 is 1.21 bits per heavy atom. The van der Waals surface area contributed by atoms with Gasteiger partial charge >= 0.3 is 0 Å². The zero-order valence-electron chi connectivity index (χ0n) is 10.7. The fraction of sp³-hybridized carbons (Fsp3) is 1.00. The maximum absolute atomic E-state index is 5.62. The largest absolute Gasteiger partial charge is 0.379 e. The Kier molecular flexibility index (Phi) is 6.38. The molecule has 14 heavy (non-hydrogen) atoms. The Morgan fingerprint density at radius 2 is 1.79 bits per heavy atom. The fourth-order valence-corrected chi connectivity index (χ4v) is 2.06. The number of methoxy groups -OCH3 is 1. The SMILES string of the molecule is CCCC(NCC)C(OC)C(C)(C)C. The lowest BCUT2D eigenvalue weighted by atomic mass is 9.83. The van der Waals surface area contributed by atoms with E-state index in [2.05, 4.69) is 39.9 Å². The lowest BCUT2D eigenvalue weighted by Gasteiger charge is -2.36. The molecule has 2 heteroatoms. The second kappa shape index (κ2) is 6.41. The van der Waals surface area contributed by atoms with E-state index >= 15 is 0 Å². The Morgan fingerprint density at radius 3 is 2.07 bits per heavy atom. The molecule has 2 atom stereocenters. The van der Waals surface area contributed by atoms with Crippen molar-refractivity contribution in [1.29, 1.82) is 0 Å². The molecule has 2 unspecified atom stereocenters. The molecule has 0 saturated heterocycles. The minimum atomic E-state index is 0.205. The van der Waals surface area contributed by atoms with Crippen LogP contribution < -0.4 is 5.32 Å². The molecular weight excluding hydrogens is 174 g/mol. The van der Waals surface area contributed by atoms with E-state index in [1.807, 2.05) is 7.11 Å². The van der Waals surface area contributed by atoms with Crippen LogP contribution >= 0.6 is 0 Å². The predicted molar refractivity (Wildman–Crippen MR) is 62.6 cm³/mol. The molecule has 2 nitrogen and oxygen atoms in total.